The average molecular weight is 316 g/mol. The van der Waals surface area contributed by atoms with Gasteiger partial charge in [0.1, 0.15) is 0 Å². The van der Waals surface area contributed by atoms with Crippen LogP contribution in [0.2, 0.25) is 0 Å². The lowest BCUT2D eigenvalue weighted by Gasteiger charge is -2.02. The van der Waals surface area contributed by atoms with Crippen LogP contribution in [-0.4, -0.2) is 12.1 Å². The summed E-state index contributed by atoms with van der Waals surface area (Å²) in [5, 5.41) is 4.00. The van der Waals surface area contributed by atoms with Crippen molar-refractivity contribution in [2.75, 3.05) is 0 Å². The molecule has 23 heavy (non-hydrogen) atoms. The summed E-state index contributed by atoms with van der Waals surface area (Å²) in [7, 11) is 0. The summed E-state index contributed by atoms with van der Waals surface area (Å²) in [6.45, 7) is 4.30. The van der Waals surface area contributed by atoms with Crippen LogP contribution < -0.4 is 5.43 Å². The van der Waals surface area contributed by atoms with Gasteiger partial charge in [-0.05, 0) is 18.9 Å². The number of unbranched alkanes of at least 4 members (excludes halogenated alkanes) is 8. The molecule has 3 heteroatoms. The zero-order valence-corrected chi connectivity index (χ0v) is 14.8. The van der Waals surface area contributed by atoms with E-state index < -0.39 is 0 Å². The van der Waals surface area contributed by atoms with Gasteiger partial charge in [0.2, 0.25) is 5.91 Å². The second kappa shape index (κ2) is 12.9. The van der Waals surface area contributed by atoms with Crippen molar-refractivity contribution in [3.05, 3.63) is 35.4 Å². The second-order valence-corrected chi connectivity index (χ2v) is 6.28. The van der Waals surface area contributed by atoms with Crippen molar-refractivity contribution >= 4 is 12.1 Å². The van der Waals surface area contributed by atoms with Gasteiger partial charge in [0, 0.05) is 6.42 Å². The molecule has 0 aromatic heterocycles. The normalized spacial score (nSPS) is 11.0. The molecule has 1 amide bonds. The van der Waals surface area contributed by atoms with E-state index in [9.17, 15) is 4.79 Å². The molecule has 1 aromatic rings. The maximum atomic E-state index is 11.7. The van der Waals surface area contributed by atoms with E-state index >= 15 is 0 Å². The average Bonchev–Trinajstić information content (AvgIpc) is 2.55. The van der Waals surface area contributed by atoms with Crippen molar-refractivity contribution in [3.63, 3.8) is 0 Å². The number of hydrogen-bond donors (Lipinski definition) is 1. The minimum absolute atomic E-state index is 0.0105. The summed E-state index contributed by atoms with van der Waals surface area (Å²) in [4.78, 5) is 11.7. The third-order valence-electron chi connectivity index (χ3n) is 3.99. The Morgan fingerprint density at radius 2 is 1.52 bits per heavy atom. The number of hydrogen-bond acceptors (Lipinski definition) is 2. The van der Waals surface area contributed by atoms with Crippen molar-refractivity contribution in [2.45, 2.75) is 78.1 Å². The van der Waals surface area contributed by atoms with Crippen LogP contribution in [-0.2, 0) is 4.79 Å². The number of carbonyl (C=O) groups is 1. The van der Waals surface area contributed by atoms with Gasteiger partial charge < -0.3 is 0 Å². The van der Waals surface area contributed by atoms with Gasteiger partial charge >= 0.3 is 0 Å². The van der Waals surface area contributed by atoms with Crippen molar-refractivity contribution in [1.29, 1.82) is 0 Å². The SMILES string of the molecule is CCCCCCCCCCCC(=O)NN=Cc1ccc(C)cc1. The third kappa shape index (κ3) is 10.7. The van der Waals surface area contributed by atoms with Crippen molar-refractivity contribution in [1.82, 2.24) is 5.43 Å². The number of carbonyl (C=O) groups excluding carboxylic acids is 1. The molecule has 1 aromatic carbocycles. The van der Waals surface area contributed by atoms with Crippen LogP contribution in [0.1, 0.15) is 82.3 Å². The number of benzene rings is 1. The molecule has 1 N–H and O–H groups in total. The highest BCUT2D eigenvalue weighted by Gasteiger charge is 1.99. The Kier molecular flexibility index (Phi) is 10.9. The smallest absolute Gasteiger partial charge is 0.240 e. The van der Waals surface area contributed by atoms with E-state index in [1.807, 2.05) is 31.2 Å². The maximum Gasteiger partial charge on any atom is 0.240 e. The maximum absolute atomic E-state index is 11.7. The molecule has 0 saturated heterocycles. The van der Waals surface area contributed by atoms with Gasteiger partial charge in [0.05, 0.1) is 6.21 Å². The molecule has 3 nitrogen and oxygen atoms in total. The van der Waals surface area contributed by atoms with E-state index in [-0.39, 0.29) is 5.91 Å². The molecule has 0 saturated carbocycles. The van der Waals surface area contributed by atoms with Crippen molar-refractivity contribution < 1.29 is 4.79 Å². The number of nitrogens with one attached hydrogen (secondary N) is 1. The Balaban J connectivity index is 1.99. The molecular weight excluding hydrogens is 284 g/mol. The third-order valence-corrected chi connectivity index (χ3v) is 3.99. The Morgan fingerprint density at radius 3 is 2.13 bits per heavy atom. The van der Waals surface area contributed by atoms with Crippen LogP contribution in [0.4, 0.5) is 0 Å². The first-order valence-corrected chi connectivity index (χ1v) is 9.11. The summed E-state index contributed by atoms with van der Waals surface area (Å²) in [6, 6.07) is 8.05. The van der Waals surface area contributed by atoms with Gasteiger partial charge in [-0.2, -0.15) is 5.10 Å². The Labute approximate surface area is 141 Å². The Hall–Kier alpha value is -1.64. The fourth-order valence-electron chi connectivity index (χ4n) is 2.48. The summed E-state index contributed by atoms with van der Waals surface area (Å²) >= 11 is 0. The van der Waals surface area contributed by atoms with E-state index in [2.05, 4.69) is 17.5 Å². The first kappa shape index (κ1) is 19.4. The van der Waals surface area contributed by atoms with Crippen LogP contribution in [0.3, 0.4) is 0 Å². The fourth-order valence-corrected chi connectivity index (χ4v) is 2.48. The summed E-state index contributed by atoms with van der Waals surface area (Å²) in [5.74, 6) is 0.0105. The van der Waals surface area contributed by atoms with E-state index in [0.717, 1.165) is 18.4 Å². The molecule has 0 aliphatic heterocycles. The lowest BCUT2D eigenvalue weighted by Crippen LogP contribution is -2.16. The molecule has 0 heterocycles. The quantitative estimate of drug-likeness (QED) is 0.314. The van der Waals surface area contributed by atoms with E-state index in [1.165, 1.54) is 50.5 Å². The van der Waals surface area contributed by atoms with Gasteiger partial charge in [-0.3, -0.25) is 4.79 Å². The minimum Gasteiger partial charge on any atom is -0.273 e. The van der Waals surface area contributed by atoms with Crippen LogP contribution in [0, 0.1) is 6.92 Å². The molecule has 0 unspecified atom stereocenters. The molecule has 0 aliphatic rings. The van der Waals surface area contributed by atoms with Crippen LogP contribution in [0.5, 0.6) is 0 Å². The van der Waals surface area contributed by atoms with Crippen molar-refractivity contribution in [3.8, 4) is 0 Å². The summed E-state index contributed by atoms with van der Waals surface area (Å²) < 4.78 is 0. The lowest BCUT2D eigenvalue weighted by molar-refractivity contribution is -0.121. The Bertz CT molecular complexity index is 451. The molecule has 0 bridgehead atoms. The first-order chi connectivity index (χ1) is 11.2. The number of rotatable bonds is 12. The van der Waals surface area contributed by atoms with Gasteiger partial charge in [-0.15, -0.1) is 0 Å². The molecular formula is C20H32N2O. The van der Waals surface area contributed by atoms with Crippen LogP contribution >= 0.6 is 0 Å². The van der Waals surface area contributed by atoms with Crippen molar-refractivity contribution in [2.24, 2.45) is 5.10 Å². The Morgan fingerprint density at radius 1 is 0.957 bits per heavy atom. The molecule has 128 valence electrons. The topological polar surface area (TPSA) is 41.5 Å². The molecule has 0 aliphatic carbocycles. The molecule has 0 atom stereocenters. The zero-order valence-electron chi connectivity index (χ0n) is 14.8. The highest BCUT2D eigenvalue weighted by Crippen LogP contribution is 2.10. The number of hydrazone groups is 1. The van der Waals surface area contributed by atoms with E-state index in [0.29, 0.717) is 6.42 Å². The van der Waals surface area contributed by atoms with Gasteiger partial charge in [-0.1, -0.05) is 88.1 Å². The molecule has 0 spiro atoms. The van der Waals surface area contributed by atoms with Crippen LogP contribution in [0.15, 0.2) is 29.4 Å². The largest absolute Gasteiger partial charge is 0.273 e. The predicted molar refractivity (Wildman–Crippen MR) is 98.8 cm³/mol. The monoisotopic (exact) mass is 316 g/mol. The first-order valence-electron chi connectivity index (χ1n) is 9.11. The van der Waals surface area contributed by atoms with Crippen LogP contribution in [0.25, 0.3) is 0 Å². The number of aryl methyl sites for hydroxylation is 1. The predicted octanol–water partition coefficient (Wildman–Crippen LogP) is 5.37. The van der Waals surface area contributed by atoms with Gasteiger partial charge in [0.25, 0.3) is 0 Å². The highest BCUT2D eigenvalue weighted by atomic mass is 16.2. The highest BCUT2D eigenvalue weighted by molar-refractivity contribution is 5.82. The fraction of sp³-hybridized carbons (Fsp3) is 0.600. The van der Waals surface area contributed by atoms with Gasteiger partial charge in [-0.25, -0.2) is 5.43 Å². The standard InChI is InChI=1S/C20H32N2O/c1-3-4-5-6-7-8-9-10-11-12-20(23)22-21-17-19-15-13-18(2)14-16-19/h13-17H,3-12H2,1-2H3,(H,22,23). The lowest BCUT2D eigenvalue weighted by atomic mass is 10.1. The molecule has 0 fully saturated rings. The zero-order chi connectivity index (χ0) is 16.8. The number of nitrogens with zero attached hydrogens (tertiary/aromatic N) is 1. The van der Waals surface area contributed by atoms with E-state index in [1.54, 1.807) is 6.21 Å². The van der Waals surface area contributed by atoms with Gasteiger partial charge in [0.15, 0.2) is 0 Å². The molecule has 0 radical (unpaired) electrons. The summed E-state index contributed by atoms with van der Waals surface area (Å²) in [6.07, 6.45) is 13.7. The number of amides is 1. The second-order valence-electron chi connectivity index (χ2n) is 6.28. The molecule has 1 rings (SSSR count). The summed E-state index contributed by atoms with van der Waals surface area (Å²) in [5.41, 5.74) is 4.82. The minimum atomic E-state index is 0.0105. The van der Waals surface area contributed by atoms with E-state index in [4.69, 9.17) is 0 Å².